The van der Waals surface area contributed by atoms with Gasteiger partial charge in [0.05, 0.1) is 6.17 Å². The lowest BCUT2D eigenvalue weighted by Crippen LogP contribution is -2.56. The summed E-state index contributed by atoms with van der Waals surface area (Å²) in [6.45, 7) is 4.44. The van der Waals surface area contributed by atoms with Gasteiger partial charge in [0.15, 0.2) is 11.5 Å². The number of rotatable bonds is 6. The summed E-state index contributed by atoms with van der Waals surface area (Å²) in [6.07, 6.45) is 0.432. The molecule has 2 aliphatic heterocycles. The Bertz CT molecular complexity index is 822. The highest BCUT2D eigenvalue weighted by Gasteiger charge is 2.26. The van der Waals surface area contributed by atoms with E-state index in [9.17, 15) is 9.90 Å². The van der Waals surface area contributed by atoms with Gasteiger partial charge in [0.25, 0.3) is 0 Å². The second-order valence-corrected chi connectivity index (χ2v) is 7.34. The molecule has 2 aromatic rings. The predicted molar refractivity (Wildman–Crippen MR) is 111 cm³/mol. The first-order valence-corrected chi connectivity index (χ1v) is 10.1. The zero-order valence-electron chi connectivity index (χ0n) is 16.4. The fraction of sp³-hybridized carbons (Fsp3) is 0.409. The number of benzene rings is 2. The van der Waals surface area contributed by atoms with E-state index in [1.54, 1.807) is 0 Å². The number of amides is 1. The van der Waals surface area contributed by atoms with Crippen LogP contribution >= 0.6 is 0 Å². The maximum atomic E-state index is 11.3. The van der Waals surface area contributed by atoms with Crippen molar-refractivity contribution in [3.63, 3.8) is 0 Å². The van der Waals surface area contributed by atoms with Crippen LogP contribution in [-0.2, 0) is 6.42 Å². The number of ether oxygens (including phenoxy) is 2. The lowest BCUT2D eigenvalue weighted by Gasteiger charge is -2.40. The topological polar surface area (TPSA) is 74.3 Å². The minimum Gasteiger partial charge on any atom is -0.486 e. The molecule has 0 aromatic heterocycles. The molecule has 154 valence electrons. The third-order valence-electron chi connectivity index (χ3n) is 5.49. The fourth-order valence-corrected chi connectivity index (χ4v) is 3.96. The van der Waals surface area contributed by atoms with Gasteiger partial charge in [0.1, 0.15) is 13.2 Å². The van der Waals surface area contributed by atoms with Crippen molar-refractivity contribution in [1.29, 1.82) is 0 Å². The smallest absolute Gasteiger partial charge is 0.405 e. The summed E-state index contributed by atoms with van der Waals surface area (Å²) in [5.41, 5.74) is 2.33. The first kappa shape index (κ1) is 19.4. The Morgan fingerprint density at radius 1 is 1.00 bits per heavy atom. The SMILES string of the molecule is O=C(O)NC(CCc1ccccc1)N1CCN(c2ccc3c(c2)OCCO3)CC1. The molecular weight excluding hydrogens is 370 g/mol. The molecule has 1 atom stereocenters. The minimum absolute atomic E-state index is 0.185. The number of aryl methyl sites for hydroxylation is 1. The lowest BCUT2D eigenvalue weighted by atomic mass is 10.1. The van der Waals surface area contributed by atoms with E-state index in [0.29, 0.717) is 13.2 Å². The summed E-state index contributed by atoms with van der Waals surface area (Å²) in [4.78, 5) is 15.8. The Labute approximate surface area is 170 Å². The molecule has 4 rings (SSSR count). The molecular formula is C22H27N3O4. The van der Waals surface area contributed by atoms with Gasteiger partial charge in [-0.15, -0.1) is 0 Å². The van der Waals surface area contributed by atoms with E-state index in [4.69, 9.17) is 9.47 Å². The molecule has 0 bridgehead atoms. The number of anilines is 1. The van der Waals surface area contributed by atoms with E-state index in [1.165, 1.54) is 5.56 Å². The predicted octanol–water partition coefficient (Wildman–Crippen LogP) is 2.81. The highest BCUT2D eigenvalue weighted by atomic mass is 16.6. The number of hydrogen-bond donors (Lipinski definition) is 2. The first-order chi connectivity index (χ1) is 14.2. The van der Waals surface area contributed by atoms with Crippen molar-refractivity contribution in [2.45, 2.75) is 19.0 Å². The molecule has 0 saturated carbocycles. The molecule has 0 spiro atoms. The molecule has 1 saturated heterocycles. The summed E-state index contributed by atoms with van der Waals surface area (Å²) >= 11 is 0. The number of nitrogens with zero attached hydrogens (tertiary/aromatic N) is 2. The molecule has 2 aliphatic rings. The van der Waals surface area contributed by atoms with E-state index in [2.05, 4.69) is 33.3 Å². The van der Waals surface area contributed by atoms with E-state index in [-0.39, 0.29) is 6.17 Å². The summed E-state index contributed by atoms with van der Waals surface area (Å²) < 4.78 is 11.3. The largest absolute Gasteiger partial charge is 0.486 e. The quantitative estimate of drug-likeness (QED) is 0.781. The number of hydrogen-bond acceptors (Lipinski definition) is 5. The van der Waals surface area contributed by atoms with Crippen LogP contribution in [0.4, 0.5) is 10.5 Å². The summed E-state index contributed by atoms with van der Waals surface area (Å²) in [5, 5.41) is 12.0. The second kappa shape index (κ2) is 9.05. The minimum atomic E-state index is -0.975. The Kier molecular flexibility index (Phi) is 6.05. The monoisotopic (exact) mass is 397 g/mol. The van der Waals surface area contributed by atoms with Crippen LogP contribution in [-0.4, -0.2) is 61.7 Å². The van der Waals surface area contributed by atoms with Crippen LogP contribution in [0, 0.1) is 0 Å². The first-order valence-electron chi connectivity index (χ1n) is 10.1. The van der Waals surface area contributed by atoms with Crippen molar-refractivity contribution >= 4 is 11.8 Å². The molecule has 7 heteroatoms. The van der Waals surface area contributed by atoms with Crippen LogP contribution in [0.25, 0.3) is 0 Å². The average molecular weight is 397 g/mol. The van der Waals surface area contributed by atoms with Crippen molar-refractivity contribution in [3.8, 4) is 11.5 Å². The number of fused-ring (bicyclic) bond motifs is 1. The molecule has 0 radical (unpaired) electrons. The van der Waals surface area contributed by atoms with E-state index in [0.717, 1.165) is 56.2 Å². The molecule has 0 aliphatic carbocycles. The van der Waals surface area contributed by atoms with E-state index < -0.39 is 6.09 Å². The summed E-state index contributed by atoms with van der Waals surface area (Å²) in [7, 11) is 0. The van der Waals surface area contributed by atoms with Gasteiger partial charge in [-0.2, -0.15) is 0 Å². The van der Waals surface area contributed by atoms with Gasteiger partial charge < -0.3 is 24.8 Å². The van der Waals surface area contributed by atoms with Crippen molar-refractivity contribution in [3.05, 3.63) is 54.1 Å². The van der Waals surface area contributed by atoms with Crippen molar-refractivity contribution < 1.29 is 19.4 Å². The Balaban J connectivity index is 1.36. The normalized spacial score (nSPS) is 17.6. The fourth-order valence-electron chi connectivity index (χ4n) is 3.96. The second-order valence-electron chi connectivity index (χ2n) is 7.34. The Morgan fingerprint density at radius 2 is 1.72 bits per heavy atom. The van der Waals surface area contributed by atoms with Crippen LogP contribution in [0.3, 0.4) is 0 Å². The van der Waals surface area contributed by atoms with Gasteiger partial charge in [-0.3, -0.25) is 4.90 Å². The third kappa shape index (κ3) is 4.92. The molecule has 2 heterocycles. The van der Waals surface area contributed by atoms with E-state index >= 15 is 0 Å². The van der Waals surface area contributed by atoms with Gasteiger partial charge in [-0.05, 0) is 30.5 Å². The third-order valence-corrected chi connectivity index (χ3v) is 5.49. The van der Waals surface area contributed by atoms with Gasteiger partial charge in [-0.25, -0.2) is 4.79 Å². The standard InChI is InChI=1S/C22H27N3O4/c26-22(27)23-21(9-6-17-4-2-1-3-5-17)25-12-10-24(11-13-25)18-7-8-19-20(16-18)29-15-14-28-19/h1-5,7-8,16,21,23H,6,9-15H2,(H,26,27). The maximum Gasteiger partial charge on any atom is 0.405 e. The van der Waals surface area contributed by atoms with E-state index in [1.807, 2.05) is 30.3 Å². The molecule has 2 aromatic carbocycles. The highest BCUT2D eigenvalue weighted by molar-refractivity contribution is 5.64. The van der Waals surface area contributed by atoms with Crippen molar-refractivity contribution in [1.82, 2.24) is 10.2 Å². The van der Waals surface area contributed by atoms with Crippen LogP contribution < -0.4 is 19.7 Å². The molecule has 1 fully saturated rings. The number of nitrogens with one attached hydrogen (secondary N) is 1. The van der Waals surface area contributed by atoms with Gasteiger partial charge >= 0.3 is 6.09 Å². The molecule has 2 N–H and O–H groups in total. The molecule has 1 unspecified atom stereocenters. The number of carbonyl (C=O) groups is 1. The summed E-state index contributed by atoms with van der Waals surface area (Å²) in [5.74, 6) is 1.59. The molecule has 29 heavy (non-hydrogen) atoms. The van der Waals surface area contributed by atoms with Gasteiger partial charge in [-0.1, -0.05) is 30.3 Å². The zero-order valence-corrected chi connectivity index (χ0v) is 16.4. The Hall–Kier alpha value is -2.93. The maximum absolute atomic E-state index is 11.3. The number of piperazine rings is 1. The number of carboxylic acid groups (broad SMARTS) is 1. The molecule has 7 nitrogen and oxygen atoms in total. The average Bonchev–Trinajstić information content (AvgIpc) is 2.77. The van der Waals surface area contributed by atoms with Gasteiger partial charge in [0.2, 0.25) is 0 Å². The van der Waals surface area contributed by atoms with Crippen LogP contribution in [0.5, 0.6) is 11.5 Å². The Morgan fingerprint density at radius 3 is 2.45 bits per heavy atom. The van der Waals surface area contributed by atoms with Crippen molar-refractivity contribution in [2.75, 3.05) is 44.3 Å². The van der Waals surface area contributed by atoms with Crippen LogP contribution in [0.1, 0.15) is 12.0 Å². The molecule has 1 amide bonds. The zero-order chi connectivity index (χ0) is 20.1. The van der Waals surface area contributed by atoms with Crippen molar-refractivity contribution in [2.24, 2.45) is 0 Å². The van der Waals surface area contributed by atoms with Crippen LogP contribution in [0.15, 0.2) is 48.5 Å². The van der Waals surface area contributed by atoms with Crippen LogP contribution in [0.2, 0.25) is 0 Å². The highest BCUT2D eigenvalue weighted by Crippen LogP contribution is 2.34. The summed E-state index contributed by atoms with van der Waals surface area (Å²) in [6, 6.07) is 16.2. The lowest BCUT2D eigenvalue weighted by molar-refractivity contribution is 0.130. The van der Waals surface area contributed by atoms with Gasteiger partial charge in [0, 0.05) is 37.9 Å².